The van der Waals surface area contributed by atoms with Crippen molar-refractivity contribution in [1.82, 2.24) is 20.5 Å². The molecule has 0 fully saturated rings. The Balaban J connectivity index is 1.75. The molecule has 1 atom stereocenters. The zero-order valence-electron chi connectivity index (χ0n) is 18.4. The minimum absolute atomic E-state index is 0.193. The van der Waals surface area contributed by atoms with E-state index in [-0.39, 0.29) is 5.92 Å². The molecular formula is C24H33N5S. The van der Waals surface area contributed by atoms with Crippen molar-refractivity contribution < 1.29 is 0 Å². The predicted molar refractivity (Wildman–Crippen MR) is 133 cm³/mol. The Morgan fingerprint density at radius 1 is 1.00 bits per heavy atom. The first-order valence-electron chi connectivity index (χ1n) is 10.5. The summed E-state index contributed by atoms with van der Waals surface area (Å²) in [6.07, 6.45) is 3.19. The van der Waals surface area contributed by atoms with Crippen LogP contribution in [0.5, 0.6) is 0 Å². The molecule has 2 aromatic carbocycles. The number of hydrogen-bond acceptors (Lipinski definition) is 3. The van der Waals surface area contributed by atoms with Gasteiger partial charge in [0.2, 0.25) is 0 Å². The molecule has 0 radical (unpaired) electrons. The average Bonchev–Trinajstić information content (AvgIpc) is 3.16. The van der Waals surface area contributed by atoms with E-state index in [4.69, 9.17) is 12.2 Å². The summed E-state index contributed by atoms with van der Waals surface area (Å²) in [4.78, 5) is 7.72. The van der Waals surface area contributed by atoms with Gasteiger partial charge in [0, 0.05) is 55.9 Å². The fraction of sp³-hybridized carbons (Fsp3) is 0.375. The number of hydrogen-bond donors (Lipinski definition) is 3. The summed E-state index contributed by atoms with van der Waals surface area (Å²) in [7, 11) is 8.30. The molecule has 6 heteroatoms. The second kappa shape index (κ2) is 10.5. The SMILES string of the molecule is CN(C)CCCNC(=S)NC[C@H](c1ccc(N(C)C)cc1)c1c[nH]c2ccccc12. The molecule has 0 aliphatic heterocycles. The molecule has 3 N–H and O–H groups in total. The second-order valence-corrected chi connectivity index (χ2v) is 8.53. The molecule has 3 rings (SSSR count). The third kappa shape index (κ3) is 5.74. The van der Waals surface area contributed by atoms with Gasteiger partial charge in [0.25, 0.3) is 0 Å². The molecule has 30 heavy (non-hydrogen) atoms. The van der Waals surface area contributed by atoms with E-state index in [0.717, 1.165) is 31.6 Å². The number of anilines is 1. The van der Waals surface area contributed by atoms with Gasteiger partial charge in [0.1, 0.15) is 0 Å². The van der Waals surface area contributed by atoms with Crippen LogP contribution in [0.1, 0.15) is 23.5 Å². The largest absolute Gasteiger partial charge is 0.378 e. The van der Waals surface area contributed by atoms with Gasteiger partial charge in [-0.05, 0) is 68.6 Å². The quantitative estimate of drug-likeness (QED) is 0.361. The summed E-state index contributed by atoms with van der Waals surface area (Å²) in [5.74, 6) is 0.193. The molecule has 0 spiro atoms. The molecular weight excluding hydrogens is 390 g/mol. The van der Waals surface area contributed by atoms with E-state index in [1.807, 2.05) is 0 Å². The number of rotatable bonds is 9. The van der Waals surface area contributed by atoms with Gasteiger partial charge >= 0.3 is 0 Å². The molecule has 0 unspecified atom stereocenters. The number of fused-ring (bicyclic) bond motifs is 1. The number of nitrogens with zero attached hydrogens (tertiary/aromatic N) is 2. The predicted octanol–water partition coefficient (Wildman–Crippen LogP) is 3.78. The van der Waals surface area contributed by atoms with Gasteiger partial charge in [-0.2, -0.15) is 0 Å². The minimum Gasteiger partial charge on any atom is -0.378 e. The first-order chi connectivity index (χ1) is 14.5. The third-order valence-corrected chi connectivity index (χ3v) is 5.63. The van der Waals surface area contributed by atoms with Crippen molar-refractivity contribution in [2.75, 3.05) is 52.7 Å². The van der Waals surface area contributed by atoms with Gasteiger partial charge < -0.3 is 25.4 Å². The van der Waals surface area contributed by atoms with Crippen LogP contribution in [0.15, 0.2) is 54.7 Å². The zero-order valence-corrected chi connectivity index (χ0v) is 19.2. The zero-order chi connectivity index (χ0) is 21.5. The van der Waals surface area contributed by atoms with E-state index in [9.17, 15) is 0 Å². The van der Waals surface area contributed by atoms with Gasteiger partial charge in [-0.25, -0.2) is 0 Å². The summed E-state index contributed by atoms with van der Waals surface area (Å²) in [6.45, 7) is 2.66. The Labute approximate surface area is 185 Å². The molecule has 0 aliphatic rings. The van der Waals surface area contributed by atoms with Gasteiger partial charge in [0.05, 0.1) is 0 Å². The van der Waals surface area contributed by atoms with Crippen molar-refractivity contribution in [2.45, 2.75) is 12.3 Å². The standard InChI is InChI=1S/C24H33N5S/c1-28(2)15-7-14-25-24(30)27-16-21(18-10-12-19(13-11-18)29(3)4)22-17-26-23-9-6-5-8-20(22)23/h5-6,8-13,17,21,26H,7,14-16H2,1-4H3,(H2,25,27,30)/t21-/m1/s1. The minimum atomic E-state index is 0.193. The van der Waals surface area contributed by atoms with Crippen molar-refractivity contribution in [3.05, 3.63) is 65.9 Å². The first kappa shape index (κ1) is 22.1. The Kier molecular flexibility index (Phi) is 7.71. The van der Waals surface area contributed by atoms with Crippen molar-refractivity contribution in [3.8, 4) is 0 Å². The molecule has 0 amide bonds. The maximum absolute atomic E-state index is 5.53. The molecule has 0 saturated heterocycles. The van der Waals surface area contributed by atoms with E-state index in [0.29, 0.717) is 5.11 Å². The number of thiocarbonyl (C=S) groups is 1. The molecule has 1 aromatic heterocycles. The highest BCUT2D eigenvalue weighted by atomic mass is 32.1. The Bertz CT molecular complexity index is 946. The highest BCUT2D eigenvalue weighted by Crippen LogP contribution is 2.31. The van der Waals surface area contributed by atoms with Crippen molar-refractivity contribution in [1.29, 1.82) is 0 Å². The maximum atomic E-state index is 5.53. The van der Waals surface area contributed by atoms with Crippen molar-refractivity contribution in [2.24, 2.45) is 0 Å². The lowest BCUT2D eigenvalue weighted by Crippen LogP contribution is -2.38. The highest BCUT2D eigenvalue weighted by molar-refractivity contribution is 7.80. The summed E-state index contributed by atoms with van der Waals surface area (Å²) >= 11 is 5.53. The highest BCUT2D eigenvalue weighted by Gasteiger charge is 2.18. The molecule has 160 valence electrons. The van der Waals surface area contributed by atoms with E-state index in [1.54, 1.807) is 0 Å². The third-order valence-electron chi connectivity index (χ3n) is 5.34. The van der Waals surface area contributed by atoms with Crippen LogP contribution in [0, 0.1) is 0 Å². The van der Waals surface area contributed by atoms with E-state index in [2.05, 4.69) is 108 Å². The first-order valence-corrected chi connectivity index (χ1v) is 10.9. The Morgan fingerprint density at radius 2 is 1.73 bits per heavy atom. The van der Waals surface area contributed by atoms with Crippen LogP contribution in [0.2, 0.25) is 0 Å². The van der Waals surface area contributed by atoms with Crippen molar-refractivity contribution >= 4 is 33.9 Å². The maximum Gasteiger partial charge on any atom is 0.166 e. The summed E-state index contributed by atoms with van der Waals surface area (Å²) in [5, 5.41) is 8.74. The normalized spacial score (nSPS) is 12.2. The number of nitrogens with one attached hydrogen (secondary N) is 3. The molecule has 0 bridgehead atoms. The Morgan fingerprint density at radius 3 is 2.43 bits per heavy atom. The van der Waals surface area contributed by atoms with Gasteiger partial charge in [-0.15, -0.1) is 0 Å². The smallest absolute Gasteiger partial charge is 0.166 e. The van der Waals surface area contributed by atoms with E-state index in [1.165, 1.54) is 22.2 Å². The van der Waals surface area contributed by atoms with Crippen molar-refractivity contribution in [3.63, 3.8) is 0 Å². The summed E-state index contributed by atoms with van der Waals surface area (Å²) in [5.41, 5.74) is 4.91. The van der Waals surface area contributed by atoms with Crippen LogP contribution in [-0.2, 0) is 0 Å². The number of benzene rings is 2. The molecule has 0 saturated carbocycles. The van der Waals surface area contributed by atoms with Crippen LogP contribution in [0.25, 0.3) is 10.9 Å². The number of para-hydroxylation sites is 1. The van der Waals surface area contributed by atoms with Gasteiger partial charge in [0.15, 0.2) is 5.11 Å². The second-order valence-electron chi connectivity index (χ2n) is 8.12. The van der Waals surface area contributed by atoms with E-state index >= 15 is 0 Å². The lowest BCUT2D eigenvalue weighted by molar-refractivity contribution is 0.400. The van der Waals surface area contributed by atoms with Crippen LogP contribution in [0.3, 0.4) is 0 Å². The van der Waals surface area contributed by atoms with Crippen LogP contribution in [0.4, 0.5) is 5.69 Å². The average molecular weight is 424 g/mol. The molecule has 5 nitrogen and oxygen atoms in total. The number of aromatic amines is 1. The fourth-order valence-corrected chi connectivity index (χ4v) is 3.83. The summed E-state index contributed by atoms with van der Waals surface area (Å²) in [6, 6.07) is 17.2. The van der Waals surface area contributed by atoms with E-state index < -0.39 is 0 Å². The summed E-state index contributed by atoms with van der Waals surface area (Å²) < 4.78 is 0. The lowest BCUT2D eigenvalue weighted by atomic mass is 9.90. The number of H-pyrrole nitrogens is 1. The topological polar surface area (TPSA) is 46.3 Å². The lowest BCUT2D eigenvalue weighted by Gasteiger charge is -2.21. The molecule has 1 heterocycles. The van der Waals surface area contributed by atoms with Gasteiger partial charge in [-0.3, -0.25) is 0 Å². The number of aromatic nitrogens is 1. The van der Waals surface area contributed by atoms with Gasteiger partial charge in [-0.1, -0.05) is 30.3 Å². The fourth-order valence-electron chi connectivity index (χ4n) is 3.65. The van der Waals surface area contributed by atoms with Crippen LogP contribution in [-0.4, -0.2) is 62.8 Å². The monoisotopic (exact) mass is 423 g/mol. The molecule has 3 aromatic rings. The Hall–Kier alpha value is -2.57. The molecule has 0 aliphatic carbocycles. The van der Waals surface area contributed by atoms with Crippen LogP contribution < -0.4 is 15.5 Å². The van der Waals surface area contributed by atoms with Crippen LogP contribution >= 0.6 is 12.2 Å².